The van der Waals surface area contributed by atoms with Crippen molar-refractivity contribution < 1.29 is 14.5 Å². The zero-order chi connectivity index (χ0) is 14.4. The lowest BCUT2D eigenvalue weighted by Crippen LogP contribution is -2.14. The number of aryl methyl sites for hydroxylation is 1. The Morgan fingerprint density at radius 1 is 1.26 bits per heavy atom. The van der Waals surface area contributed by atoms with Crippen LogP contribution in [0.3, 0.4) is 0 Å². The van der Waals surface area contributed by atoms with Crippen LogP contribution in [0.1, 0.15) is 39.0 Å². The summed E-state index contributed by atoms with van der Waals surface area (Å²) in [7, 11) is -1.51. The van der Waals surface area contributed by atoms with E-state index >= 15 is 0 Å². The lowest BCUT2D eigenvalue weighted by Gasteiger charge is -2.04. The van der Waals surface area contributed by atoms with Crippen LogP contribution in [0.25, 0.3) is 16.4 Å². The fourth-order valence-corrected chi connectivity index (χ4v) is 2.08. The maximum Gasteiger partial charge on any atom is 0.491 e. The average Bonchev–Trinajstić information content (AvgIpc) is 2.79. The van der Waals surface area contributed by atoms with E-state index in [2.05, 4.69) is 0 Å². The molecule has 2 aromatic rings. The number of rotatable bonds is 3. The first kappa shape index (κ1) is 15.5. The first-order chi connectivity index (χ1) is 9.19. The maximum atomic E-state index is 9.34. The largest absolute Gasteiger partial charge is 0.491 e. The minimum Gasteiger partial charge on any atom is -0.457 e. The molecule has 3 nitrogen and oxygen atoms in total. The lowest BCUT2D eigenvalue weighted by atomic mass is 9.76. The second-order valence-electron chi connectivity index (χ2n) is 3.88. The minimum atomic E-state index is -1.51. The van der Waals surface area contributed by atoms with Gasteiger partial charge in [-0.1, -0.05) is 45.0 Å². The molecular formula is C15H21BO3. The molecule has 102 valence electrons. The normalized spacial score (nSPS) is 11.2. The molecule has 0 unspecified atom stereocenters. The second kappa shape index (κ2) is 7.17. The number of para-hydroxylation sites is 1. The fraction of sp³-hybridized carbons (Fsp3) is 0.333. The summed E-state index contributed by atoms with van der Waals surface area (Å²) in [6.45, 7) is 7.79. The Kier molecular flexibility index (Phi) is 5.86. The Morgan fingerprint density at radius 3 is 2.42 bits per heavy atom. The van der Waals surface area contributed by atoms with E-state index in [-0.39, 0.29) is 0 Å². The summed E-state index contributed by atoms with van der Waals surface area (Å²) in [4.78, 5) is 0. The van der Waals surface area contributed by atoms with Gasteiger partial charge >= 0.3 is 7.12 Å². The van der Waals surface area contributed by atoms with Crippen LogP contribution in [0.15, 0.2) is 34.8 Å². The molecule has 0 aliphatic heterocycles. The third-order valence-corrected chi connectivity index (χ3v) is 2.90. The Morgan fingerprint density at radius 2 is 1.89 bits per heavy atom. The molecule has 1 aromatic carbocycles. The van der Waals surface area contributed by atoms with Crippen LogP contribution < -0.4 is 0 Å². The van der Waals surface area contributed by atoms with Crippen molar-refractivity contribution in [2.75, 3.05) is 0 Å². The smallest absolute Gasteiger partial charge is 0.457 e. The summed E-state index contributed by atoms with van der Waals surface area (Å²) in [6.07, 6.45) is 2.46. The van der Waals surface area contributed by atoms with E-state index in [1.54, 1.807) is 13.0 Å². The standard InChI is InChI=1S/C13H15BO3.C2H6/c1-3-9-10-7-5-6-8-12(10)17-13(9)11(4-2)14(15)16;1-2/h4-8,15-16H,3H2,1-2H3;1-2H3/b11-4+;. The van der Waals surface area contributed by atoms with Gasteiger partial charge in [0.1, 0.15) is 11.3 Å². The van der Waals surface area contributed by atoms with Gasteiger partial charge in [-0.15, -0.1) is 0 Å². The molecule has 0 spiro atoms. The summed E-state index contributed by atoms with van der Waals surface area (Å²) in [6, 6.07) is 7.72. The number of benzene rings is 1. The highest BCUT2D eigenvalue weighted by atomic mass is 16.4. The van der Waals surface area contributed by atoms with Crippen molar-refractivity contribution in [2.45, 2.75) is 34.1 Å². The molecule has 0 aliphatic rings. The topological polar surface area (TPSA) is 53.6 Å². The predicted molar refractivity (Wildman–Crippen MR) is 80.8 cm³/mol. The van der Waals surface area contributed by atoms with Crippen LogP contribution in [-0.4, -0.2) is 17.2 Å². The van der Waals surface area contributed by atoms with E-state index in [0.717, 1.165) is 23.0 Å². The van der Waals surface area contributed by atoms with Crippen LogP contribution in [-0.2, 0) is 6.42 Å². The number of furan rings is 1. The van der Waals surface area contributed by atoms with Crippen molar-refractivity contribution in [3.63, 3.8) is 0 Å². The second-order valence-corrected chi connectivity index (χ2v) is 3.88. The van der Waals surface area contributed by atoms with Gasteiger partial charge in [-0.3, -0.25) is 0 Å². The molecule has 1 aromatic heterocycles. The predicted octanol–water partition coefficient (Wildman–Crippen LogP) is 3.44. The molecular weight excluding hydrogens is 239 g/mol. The summed E-state index contributed by atoms with van der Waals surface area (Å²) in [5.74, 6) is 0.575. The Labute approximate surface area is 114 Å². The Bertz CT molecular complexity index is 556. The van der Waals surface area contributed by atoms with Crippen molar-refractivity contribution in [2.24, 2.45) is 0 Å². The summed E-state index contributed by atoms with van der Waals surface area (Å²) in [5, 5.41) is 19.7. The van der Waals surface area contributed by atoms with Crippen LogP contribution in [0.4, 0.5) is 0 Å². The van der Waals surface area contributed by atoms with Crippen LogP contribution >= 0.6 is 0 Å². The van der Waals surface area contributed by atoms with Gasteiger partial charge in [-0.25, -0.2) is 0 Å². The van der Waals surface area contributed by atoms with E-state index in [4.69, 9.17) is 4.42 Å². The highest BCUT2D eigenvalue weighted by Crippen LogP contribution is 2.31. The Balaban J connectivity index is 0.000000861. The van der Waals surface area contributed by atoms with Gasteiger partial charge in [0.2, 0.25) is 0 Å². The lowest BCUT2D eigenvalue weighted by molar-refractivity contribution is 0.425. The van der Waals surface area contributed by atoms with E-state index in [1.165, 1.54) is 0 Å². The maximum absolute atomic E-state index is 9.34. The highest BCUT2D eigenvalue weighted by Gasteiger charge is 2.23. The van der Waals surface area contributed by atoms with E-state index in [0.29, 0.717) is 11.2 Å². The van der Waals surface area contributed by atoms with Crippen molar-refractivity contribution in [3.05, 3.63) is 41.7 Å². The molecule has 0 amide bonds. The monoisotopic (exact) mass is 260 g/mol. The van der Waals surface area contributed by atoms with Gasteiger partial charge in [0.05, 0.1) is 0 Å². The average molecular weight is 260 g/mol. The molecule has 2 rings (SSSR count). The van der Waals surface area contributed by atoms with Crippen molar-refractivity contribution in [1.29, 1.82) is 0 Å². The van der Waals surface area contributed by atoms with Crippen molar-refractivity contribution in [3.8, 4) is 0 Å². The van der Waals surface area contributed by atoms with Gasteiger partial charge in [0, 0.05) is 16.4 Å². The van der Waals surface area contributed by atoms with E-state index < -0.39 is 7.12 Å². The summed E-state index contributed by atoms with van der Waals surface area (Å²) < 4.78 is 5.72. The van der Waals surface area contributed by atoms with Gasteiger partial charge in [-0.2, -0.15) is 0 Å². The molecule has 1 heterocycles. The third kappa shape index (κ3) is 3.08. The zero-order valence-corrected chi connectivity index (χ0v) is 12.0. The Hall–Kier alpha value is -1.52. The van der Waals surface area contributed by atoms with Gasteiger partial charge in [0.15, 0.2) is 0 Å². The van der Waals surface area contributed by atoms with Gasteiger partial charge in [-0.05, 0) is 19.4 Å². The van der Waals surface area contributed by atoms with Crippen LogP contribution in [0, 0.1) is 0 Å². The molecule has 0 bridgehead atoms. The van der Waals surface area contributed by atoms with Crippen LogP contribution in [0.2, 0.25) is 0 Å². The van der Waals surface area contributed by atoms with Crippen LogP contribution in [0.5, 0.6) is 0 Å². The molecule has 0 saturated heterocycles. The first-order valence-corrected chi connectivity index (χ1v) is 6.72. The highest BCUT2D eigenvalue weighted by molar-refractivity contribution is 6.65. The molecule has 0 saturated carbocycles. The minimum absolute atomic E-state index is 0.415. The van der Waals surface area contributed by atoms with Gasteiger partial charge < -0.3 is 14.5 Å². The number of hydrogen-bond donors (Lipinski definition) is 2. The number of fused-ring (bicyclic) bond motifs is 1. The molecule has 19 heavy (non-hydrogen) atoms. The van der Waals surface area contributed by atoms with Crippen molar-refractivity contribution in [1.82, 2.24) is 0 Å². The molecule has 0 radical (unpaired) electrons. The molecule has 0 aliphatic carbocycles. The van der Waals surface area contributed by atoms with E-state index in [9.17, 15) is 10.0 Å². The molecule has 0 atom stereocenters. The molecule has 0 fully saturated rings. The summed E-state index contributed by atoms with van der Waals surface area (Å²) >= 11 is 0. The first-order valence-electron chi connectivity index (χ1n) is 6.72. The van der Waals surface area contributed by atoms with E-state index in [1.807, 2.05) is 45.0 Å². The SMILES string of the molecule is C/C=C(/B(O)O)c1oc2ccccc2c1CC.CC. The number of allylic oxidation sites excluding steroid dienone is 1. The van der Waals surface area contributed by atoms with Gasteiger partial charge in [0.25, 0.3) is 0 Å². The quantitative estimate of drug-likeness (QED) is 0.831. The molecule has 4 heteroatoms. The van der Waals surface area contributed by atoms with Crippen molar-refractivity contribution >= 4 is 23.6 Å². The number of hydrogen-bond acceptors (Lipinski definition) is 3. The summed E-state index contributed by atoms with van der Waals surface area (Å²) in [5.41, 5.74) is 2.21. The third-order valence-electron chi connectivity index (χ3n) is 2.90. The fourth-order valence-electron chi connectivity index (χ4n) is 2.08. The molecule has 2 N–H and O–H groups in total. The zero-order valence-electron chi connectivity index (χ0n) is 12.0.